The van der Waals surface area contributed by atoms with Gasteiger partial charge < -0.3 is 19.7 Å². The fourth-order valence-corrected chi connectivity index (χ4v) is 2.93. The first-order valence-electron chi connectivity index (χ1n) is 8.86. The van der Waals surface area contributed by atoms with E-state index in [1.807, 2.05) is 30.3 Å². The van der Waals surface area contributed by atoms with Crippen molar-refractivity contribution in [2.24, 2.45) is 7.05 Å². The monoisotopic (exact) mass is 366 g/mol. The lowest BCUT2D eigenvalue weighted by Crippen LogP contribution is -2.28. The fraction of sp³-hybridized carbons (Fsp3) is 0.238. The lowest BCUT2D eigenvalue weighted by atomic mass is 10.1. The van der Waals surface area contributed by atoms with E-state index >= 15 is 0 Å². The van der Waals surface area contributed by atoms with E-state index in [1.165, 1.54) is 4.57 Å². The normalized spacial score (nSPS) is 10.7. The number of aromatic nitrogens is 1. The maximum Gasteiger partial charge on any atom is 0.293 e. The van der Waals surface area contributed by atoms with E-state index in [9.17, 15) is 14.7 Å². The first-order valence-corrected chi connectivity index (χ1v) is 8.86. The third-order valence-electron chi connectivity index (χ3n) is 4.37. The van der Waals surface area contributed by atoms with Gasteiger partial charge in [-0.25, -0.2) is 0 Å². The average Bonchev–Trinajstić information content (AvgIpc) is 2.70. The molecular formula is C21H22N2O4. The highest BCUT2D eigenvalue weighted by Crippen LogP contribution is 2.23. The van der Waals surface area contributed by atoms with E-state index < -0.39 is 17.2 Å². The Bertz CT molecular complexity index is 996. The van der Waals surface area contributed by atoms with Crippen LogP contribution in [0.5, 0.6) is 11.5 Å². The molecule has 0 saturated heterocycles. The van der Waals surface area contributed by atoms with Crippen molar-refractivity contribution in [3.8, 4) is 11.5 Å². The van der Waals surface area contributed by atoms with Crippen molar-refractivity contribution < 1.29 is 14.6 Å². The van der Waals surface area contributed by atoms with Gasteiger partial charge in [0, 0.05) is 19.0 Å². The third kappa shape index (κ3) is 4.11. The zero-order chi connectivity index (χ0) is 19.2. The summed E-state index contributed by atoms with van der Waals surface area (Å²) in [5.74, 6) is -0.162. The van der Waals surface area contributed by atoms with E-state index in [2.05, 4.69) is 5.32 Å². The van der Waals surface area contributed by atoms with Crippen LogP contribution >= 0.6 is 0 Å². The topological polar surface area (TPSA) is 80.6 Å². The number of aromatic hydroxyl groups is 1. The summed E-state index contributed by atoms with van der Waals surface area (Å²) in [6.45, 7) is 0.986. The number of unbranched alkanes of at least 4 members (excludes halogenated alkanes) is 1. The second kappa shape index (κ2) is 8.40. The van der Waals surface area contributed by atoms with Crippen molar-refractivity contribution in [3.63, 3.8) is 0 Å². The summed E-state index contributed by atoms with van der Waals surface area (Å²) in [6.07, 6.45) is 1.50. The van der Waals surface area contributed by atoms with Gasteiger partial charge in [0.15, 0.2) is 5.75 Å². The lowest BCUT2D eigenvalue weighted by Gasteiger charge is -2.12. The number of hydrogen-bond donors (Lipinski definition) is 2. The number of nitrogens with one attached hydrogen (secondary N) is 1. The van der Waals surface area contributed by atoms with Crippen LogP contribution in [0.4, 0.5) is 0 Å². The smallest absolute Gasteiger partial charge is 0.293 e. The summed E-state index contributed by atoms with van der Waals surface area (Å²) in [5.41, 5.74) is 0.0334. The number of para-hydroxylation sites is 2. The first-order chi connectivity index (χ1) is 13.1. The molecule has 140 valence electrons. The summed E-state index contributed by atoms with van der Waals surface area (Å²) in [5, 5.41) is 13.5. The largest absolute Gasteiger partial charge is 0.502 e. The Kier molecular flexibility index (Phi) is 5.76. The van der Waals surface area contributed by atoms with Crippen molar-refractivity contribution in [1.82, 2.24) is 9.88 Å². The standard InChI is InChI=1S/C21H22N2O4/c1-23-17-12-6-5-11-16(17)18(19(24)21(23)26)20(25)22-13-7-8-14-27-15-9-3-2-4-10-15/h2-6,9-12,24H,7-8,13-14H2,1H3,(H,22,25). The molecule has 0 fully saturated rings. The molecule has 0 radical (unpaired) electrons. The number of carbonyl (C=O) groups is 1. The summed E-state index contributed by atoms with van der Waals surface area (Å²) in [7, 11) is 1.57. The number of pyridine rings is 1. The van der Waals surface area contributed by atoms with Gasteiger partial charge in [0.1, 0.15) is 5.75 Å². The highest BCUT2D eigenvalue weighted by molar-refractivity contribution is 6.08. The van der Waals surface area contributed by atoms with Gasteiger partial charge in [0.05, 0.1) is 17.7 Å². The minimum absolute atomic E-state index is 0.0224. The minimum Gasteiger partial charge on any atom is -0.502 e. The summed E-state index contributed by atoms with van der Waals surface area (Å²) in [6, 6.07) is 16.6. The Morgan fingerprint density at radius 3 is 2.56 bits per heavy atom. The molecule has 3 aromatic rings. The number of carbonyl (C=O) groups excluding carboxylic acids is 1. The van der Waals surface area contributed by atoms with Gasteiger partial charge >= 0.3 is 0 Å². The highest BCUT2D eigenvalue weighted by atomic mass is 16.5. The van der Waals surface area contributed by atoms with Crippen LogP contribution in [0.15, 0.2) is 59.4 Å². The van der Waals surface area contributed by atoms with Crippen LogP contribution < -0.4 is 15.6 Å². The zero-order valence-corrected chi connectivity index (χ0v) is 15.1. The third-order valence-corrected chi connectivity index (χ3v) is 4.37. The zero-order valence-electron chi connectivity index (χ0n) is 15.1. The molecule has 1 aromatic heterocycles. The molecule has 1 amide bonds. The molecule has 6 heteroatoms. The predicted octanol–water partition coefficient (Wildman–Crippen LogP) is 2.83. The molecule has 0 atom stereocenters. The molecule has 0 spiro atoms. The van der Waals surface area contributed by atoms with Gasteiger partial charge in [-0.2, -0.15) is 0 Å². The quantitative estimate of drug-likeness (QED) is 0.630. The molecule has 27 heavy (non-hydrogen) atoms. The van der Waals surface area contributed by atoms with Crippen LogP contribution in [-0.4, -0.2) is 28.7 Å². The van der Waals surface area contributed by atoms with Crippen molar-refractivity contribution in [2.75, 3.05) is 13.2 Å². The molecule has 0 aliphatic heterocycles. The average molecular weight is 366 g/mol. The van der Waals surface area contributed by atoms with Crippen molar-refractivity contribution in [3.05, 3.63) is 70.5 Å². The molecule has 2 N–H and O–H groups in total. The molecule has 2 aromatic carbocycles. The van der Waals surface area contributed by atoms with E-state index in [0.29, 0.717) is 24.1 Å². The van der Waals surface area contributed by atoms with Gasteiger partial charge in [-0.05, 0) is 31.0 Å². The first kappa shape index (κ1) is 18.5. The maximum absolute atomic E-state index is 12.5. The SMILES string of the molecule is Cn1c(=O)c(O)c(C(=O)NCCCCOc2ccccc2)c2ccccc21. The Balaban J connectivity index is 1.59. The molecule has 3 rings (SSSR count). The number of benzene rings is 2. The van der Waals surface area contributed by atoms with E-state index in [1.54, 1.807) is 31.3 Å². The Morgan fingerprint density at radius 1 is 1.07 bits per heavy atom. The second-order valence-corrected chi connectivity index (χ2v) is 6.23. The number of ether oxygens (including phenoxy) is 1. The van der Waals surface area contributed by atoms with E-state index in [0.717, 1.165) is 18.6 Å². The number of nitrogens with zero attached hydrogens (tertiary/aromatic N) is 1. The van der Waals surface area contributed by atoms with Crippen LogP contribution in [0.3, 0.4) is 0 Å². The molecular weight excluding hydrogens is 344 g/mol. The van der Waals surface area contributed by atoms with Crippen molar-refractivity contribution in [1.29, 1.82) is 0 Å². The molecule has 1 heterocycles. The Hall–Kier alpha value is -3.28. The van der Waals surface area contributed by atoms with Gasteiger partial charge in [-0.15, -0.1) is 0 Å². The van der Waals surface area contributed by atoms with Crippen LogP contribution in [0.1, 0.15) is 23.2 Å². The van der Waals surface area contributed by atoms with Crippen molar-refractivity contribution >= 4 is 16.8 Å². The predicted molar refractivity (Wildman–Crippen MR) is 104 cm³/mol. The summed E-state index contributed by atoms with van der Waals surface area (Å²) in [4.78, 5) is 24.7. The Labute approximate surface area is 157 Å². The molecule has 0 unspecified atom stereocenters. The lowest BCUT2D eigenvalue weighted by molar-refractivity contribution is 0.0951. The van der Waals surface area contributed by atoms with Gasteiger partial charge in [0.2, 0.25) is 0 Å². The number of hydrogen-bond acceptors (Lipinski definition) is 4. The number of rotatable bonds is 7. The fourth-order valence-electron chi connectivity index (χ4n) is 2.93. The maximum atomic E-state index is 12.5. The number of fused-ring (bicyclic) bond motifs is 1. The molecule has 6 nitrogen and oxygen atoms in total. The molecule has 0 bridgehead atoms. The van der Waals surface area contributed by atoms with Crippen molar-refractivity contribution in [2.45, 2.75) is 12.8 Å². The molecule has 0 saturated carbocycles. The van der Waals surface area contributed by atoms with Crippen LogP contribution in [0, 0.1) is 0 Å². The van der Waals surface area contributed by atoms with Gasteiger partial charge in [-0.1, -0.05) is 36.4 Å². The summed E-state index contributed by atoms with van der Waals surface area (Å²) >= 11 is 0. The minimum atomic E-state index is -0.588. The number of aryl methyl sites for hydroxylation is 1. The van der Waals surface area contributed by atoms with E-state index in [4.69, 9.17) is 4.74 Å². The van der Waals surface area contributed by atoms with E-state index in [-0.39, 0.29) is 5.56 Å². The molecule has 0 aliphatic rings. The van der Waals surface area contributed by atoms with Gasteiger partial charge in [-0.3, -0.25) is 9.59 Å². The second-order valence-electron chi connectivity index (χ2n) is 6.23. The Morgan fingerprint density at radius 2 is 1.78 bits per heavy atom. The van der Waals surface area contributed by atoms with Crippen LogP contribution in [0.25, 0.3) is 10.9 Å². The van der Waals surface area contributed by atoms with Gasteiger partial charge in [0.25, 0.3) is 11.5 Å². The van der Waals surface area contributed by atoms with Crippen LogP contribution in [0.2, 0.25) is 0 Å². The summed E-state index contributed by atoms with van der Waals surface area (Å²) < 4.78 is 6.94. The number of amides is 1. The molecule has 0 aliphatic carbocycles. The van der Waals surface area contributed by atoms with Crippen LogP contribution in [-0.2, 0) is 7.05 Å². The highest BCUT2D eigenvalue weighted by Gasteiger charge is 2.19.